The molecule has 2 heterocycles. The van der Waals surface area contributed by atoms with Crippen molar-refractivity contribution >= 4 is 17.7 Å². The molecule has 0 aliphatic carbocycles. The molecule has 0 spiro atoms. The van der Waals surface area contributed by atoms with Gasteiger partial charge in [0, 0.05) is 0 Å². The average molecular weight is 621 g/mol. The molecule has 0 fully saturated rings. The summed E-state index contributed by atoms with van der Waals surface area (Å²) in [6.45, 7) is 4.85. The molecule has 3 amide bonds. The first-order valence-corrected chi connectivity index (χ1v) is 13.7. The number of imide groups is 1. The number of aliphatic hydroxyl groups excluding tert-OH is 1. The van der Waals surface area contributed by atoms with Gasteiger partial charge in [0.15, 0.2) is 6.23 Å². The van der Waals surface area contributed by atoms with Gasteiger partial charge < -0.3 is 19.9 Å². The minimum absolute atomic E-state index is 0.0904. The third-order valence-electron chi connectivity index (χ3n) is 7.02. The molecule has 5 rings (SSSR count). The van der Waals surface area contributed by atoms with Crippen molar-refractivity contribution in [3.63, 3.8) is 0 Å². The number of amides is 3. The first kappa shape index (κ1) is 31.1. The zero-order valence-electron chi connectivity index (χ0n) is 24.3. The maximum atomic E-state index is 13.7. The van der Waals surface area contributed by atoms with Gasteiger partial charge in [-0.05, 0) is 68.8 Å². The van der Waals surface area contributed by atoms with Crippen LogP contribution >= 0.6 is 0 Å². The summed E-state index contributed by atoms with van der Waals surface area (Å²) in [5, 5.41) is 21.7. The van der Waals surface area contributed by atoms with E-state index < -0.39 is 47.6 Å². The molecule has 1 aliphatic rings. The summed E-state index contributed by atoms with van der Waals surface area (Å²) in [6, 6.07) is 15.3. The van der Waals surface area contributed by atoms with Gasteiger partial charge >= 0.3 is 6.18 Å². The van der Waals surface area contributed by atoms with Gasteiger partial charge in [0.25, 0.3) is 23.6 Å². The number of carbonyl (C=O) groups is 3. The van der Waals surface area contributed by atoms with Crippen molar-refractivity contribution in [2.75, 3.05) is 6.61 Å². The largest absolute Gasteiger partial charge is 0.491 e. The topological polar surface area (TPSA) is 131 Å². The number of rotatable bonds is 9. The maximum absolute atomic E-state index is 13.7. The number of carbonyl (C=O) groups excluding carboxylic acids is 3. The fourth-order valence-electron chi connectivity index (χ4n) is 4.78. The van der Waals surface area contributed by atoms with Crippen molar-refractivity contribution in [3.8, 4) is 17.4 Å². The Hall–Kier alpha value is -5.30. The number of hydrogen-bond acceptors (Lipinski definition) is 8. The van der Waals surface area contributed by atoms with Gasteiger partial charge in [0.2, 0.25) is 0 Å². The first-order valence-electron chi connectivity index (χ1n) is 13.7. The molecule has 2 N–H and O–H groups in total. The van der Waals surface area contributed by atoms with E-state index in [1.54, 1.807) is 31.2 Å². The Morgan fingerprint density at radius 2 is 1.62 bits per heavy atom. The smallest absolute Gasteiger partial charge is 0.416 e. The molecule has 10 nitrogen and oxygen atoms in total. The summed E-state index contributed by atoms with van der Waals surface area (Å²) in [4.78, 5) is 40.6. The van der Waals surface area contributed by atoms with E-state index >= 15 is 0 Å². The number of nitrogens with zero attached hydrogens (tertiary/aromatic N) is 3. The van der Waals surface area contributed by atoms with E-state index in [9.17, 15) is 32.7 Å². The van der Waals surface area contributed by atoms with E-state index in [1.165, 1.54) is 31.2 Å². The van der Waals surface area contributed by atoms with E-state index in [0.717, 1.165) is 29.3 Å². The van der Waals surface area contributed by atoms with Crippen LogP contribution in [0.25, 0.3) is 0 Å². The second kappa shape index (κ2) is 12.4. The van der Waals surface area contributed by atoms with Gasteiger partial charge in [-0.15, -0.1) is 5.10 Å². The van der Waals surface area contributed by atoms with Crippen molar-refractivity contribution in [2.24, 2.45) is 0 Å². The van der Waals surface area contributed by atoms with Gasteiger partial charge in [-0.25, -0.2) is 4.90 Å². The number of nitrogens with one attached hydrogen (secondary N) is 1. The van der Waals surface area contributed by atoms with Crippen LogP contribution < -0.4 is 14.8 Å². The van der Waals surface area contributed by atoms with Gasteiger partial charge in [0.05, 0.1) is 22.4 Å². The molecular formula is C32H27F3N4O6. The molecule has 0 saturated heterocycles. The summed E-state index contributed by atoms with van der Waals surface area (Å²) in [6.07, 6.45) is -6.52. The molecule has 45 heavy (non-hydrogen) atoms. The van der Waals surface area contributed by atoms with Crippen LogP contribution in [-0.2, 0) is 6.18 Å². The Kier molecular flexibility index (Phi) is 8.55. The second-order valence-electron chi connectivity index (χ2n) is 10.4. The van der Waals surface area contributed by atoms with Crippen molar-refractivity contribution in [3.05, 3.63) is 112 Å². The van der Waals surface area contributed by atoms with Crippen molar-refractivity contribution < 1.29 is 42.1 Å². The average Bonchev–Trinajstić information content (AvgIpc) is 3.25. The van der Waals surface area contributed by atoms with E-state index in [2.05, 4.69) is 15.5 Å². The molecule has 0 radical (unpaired) electrons. The van der Waals surface area contributed by atoms with Crippen LogP contribution in [0, 0.1) is 20.8 Å². The minimum atomic E-state index is -4.64. The van der Waals surface area contributed by atoms with Gasteiger partial charge in [-0.1, -0.05) is 35.9 Å². The summed E-state index contributed by atoms with van der Waals surface area (Å²) in [7, 11) is 0. The molecule has 2 atom stereocenters. The van der Waals surface area contributed by atoms with Crippen molar-refractivity contribution in [1.82, 2.24) is 20.4 Å². The lowest BCUT2D eigenvalue weighted by molar-refractivity contribution is -0.137. The van der Waals surface area contributed by atoms with E-state index in [4.69, 9.17) is 9.47 Å². The van der Waals surface area contributed by atoms with Crippen LogP contribution in [0.5, 0.6) is 17.4 Å². The number of aryl methyl sites for hydroxylation is 3. The number of alkyl halides is 3. The fourth-order valence-corrected chi connectivity index (χ4v) is 4.78. The number of aliphatic hydroxyl groups is 1. The van der Waals surface area contributed by atoms with Crippen LogP contribution in [0.4, 0.5) is 13.2 Å². The summed E-state index contributed by atoms with van der Waals surface area (Å²) in [5.41, 5.74) is 0.996. The van der Waals surface area contributed by atoms with Crippen molar-refractivity contribution in [1.29, 1.82) is 0 Å². The minimum Gasteiger partial charge on any atom is -0.491 e. The van der Waals surface area contributed by atoms with E-state index in [1.807, 2.05) is 13.0 Å². The van der Waals surface area contributed by atoms with E-state index in [-0.39, 0.29) is 34.7 Å². The van der Waals surface area contributed by atoms with Crippen LogP contribution in [0.2, 0.25) is 0 Å². The third kappa shape index (κ3) is 6.63. The highest BCUT2D eigenvalue weighted by molar-refractivity contribution is 6.21. The predicted octanol–water partition coefficient (Wildman–Crippen LogP) is 5.00. The molecule has 3 aromatic carbocycles. The zero-order chi connectivity index (χ0) is 32.5. The Morgan fingerprint density at radius 3 is 2.27 bits per heavy atom. The van der Waals surface area contributed by atoms with Crippen molar-refractivity contribution in [2.45, 2.75) is 39.2 Å². The number of fused-ring (bicyclic) bond motifs is 1. The summed E-state index contributed by atoms with van der Waals surface area (Å²) < 4.78 is 51.3. The lowest BCUT2D eigenvalue weighted by atomic mass is 10.1. The standard InChI is InChI=1S/C32H27F3N4O6/c1-17-11-12-26(18(2)13-17)44-16-25(31(43)39-29(41)22-9-4-5-10-23(22)30(39)42)36-27(40)24-14-19(3)37-38-28(24)45-21-8-6-7-20(15-21)32(33,34)35/h4-15,25,31,43H,16H2,1-3H3,(H,36,40). The second-order valence-corrected chi connectivity index (χ2v) is 10.4. The van der Waals surface area contributed by atoms with Crippen LogP contribution in [0.15, 0.2) is 72.8 Å². The molecular weight excluding hydrogens is 593 g/mol. The Labute approximate surface area is 255 Å². The molecule has 13 heteroatoms. The maximum Gasteiger partial charge on any atom is 0.416 e. The summed E-state index contributed by atoms with van der Waals surface area (Å²) >= 11 is 0. The highest BCUT2D eigenvalue weighted by Gasteiger charge is 2.43. The molecule has 4 aromatic rings. The number of benzene rings is 3. The molecule has 2 unspecified atom stereocenters. The number of aromatic nitrogens is 2. The quantitative estimate of drug-likeness (QED) is 0.250. The van der Waals surface area contributed by atoms with Crippen LogP contribution in [-0.4, -0.2) is 56.8 Å². The summed E-state index contributed by atoms with van der Waals surface area (Å²) in [5.74, 6) is -2.64. The van der Waals surface area contributed by atoms with Crippen LogP contribution in [0.3, 0.4) is 0 Å². The Morgan fingerprint density at radius 1 is 0.933 bits per heavy atom. The number of ether oxygens (including phenoxy) is 2. The number of hydrogen-bond donors (Lipinski definition) is 2. The number of halogens is 3. The molecule has 1 aliphatic heterocycles. The predicted molar refractivity (Wildman–Crippen MR) is 154 cm³/mol. The Balaban J connectivity index is 1.45. The fraction of sp³-hybridized carbons (Fsp3) is 0.219. The molecule has 0 bridgehead atoms. The highest BCUT2D eigenvalue weighted by Crippen LogP contribution is 2.33. The SMILES string of the molecule is Cc1ccc(OCC(NC(=O)c2cc(C)nnc2Oc2cccc(C(F)(F)F)c2)C(O)N2C(=O)c3ccccc3C2=O)c(C)c1. The normalized spacial score (nSPS) is 14.2. The Bertz CT molecular complexity index is 1760. The van der Waals surface area contributed by atoms with Gasteiger partial charge in [0.1, 0.15) is 29.7 Å². The highest BCUT2D eigenvalue weighted by atomic mass is 19.4. The first-order chi connectivity index (χ1) is 21.3. The van der Waals surface area contributed by atoms with E-state index in [0.29, 0.717) is 10.6 Å². The zero-order valence-corrected chi connectivity index (χ0v) is 24.3. The lowest BCUT2D eigenvalue weighted by Gasteiger charge is -2.30. The molecule has 1 aromatic heterocycles. The lowest BCUT2D eigenvalue weighted by Crippen LogP contribution is -2.56. The van der Waals surface area contributed by atoms with Gasteiger partial charge in [-0.2, -0.15) is 18.3 Å². The molecule has 0 saturated carbocycles. The van der Waals surface area contributed by atoms with Gasteiger partial charge in [-0.3, -0.25) is 14.4 Å². The molecule has 232 valence electrons. The van der Waals surface area contributed by atoms with Crippen LogP contribution in [0.1, 0.15) is 53.5 Å². The monoisotopic (exact) mass is 620 g/mol. The third-order valence-corrected chi connectivity index (χ3v) is 7.02.